The number of hydrogen-bond acceptors (Lipinski definition) is 3. The largest absolute Gasteiger partial charge is 0.466 e. The highest BCUT2D eigenvalue weighted by atomic mass is 16.5. The van der Waals surface area contributed by atoms with E-state index in [4.69, 9.17) is 4.74 Å². The molecule has 0 bridgehead atoms. The van der Waals surface area contributed by atoms with E-state index in [1.54, 1.807) is 0 Å². The average molecular weight is 233 g/mol. The molecule has 1 aromatic carbocycles. The smallest absolute Gasteiger partial charge is 0.310 e. The van der Waals surface area contributed by atoms with Crippen LogP contribution in [0.4, 0.5) is 0 Å². The Bertz CT molecular complexity index is 364. The summed E-state index contributed by atoms with van der Waals surface area (Å²) in [6.07, 6.45) is 1.94. The lowest BCUT2D eigenvalue weighted by Gasteiger charge is -2.31. The Hall–Kier alpha value is -1.35. The van der Waals surface area contributed by atoms with Crippen molar-refractivity contribution in [1.29, 1.82) is 0 Å². The molecule has 1 N–H and O–H groups in total. The molecule has 1 fully saturated rings. The normalized spacial score (nSPS) is 24.3. The van der Waals surface area contributed by atoms with E-state index in [1.807, 2.05) is 25.1 Å². The summed E-state index contributed by atoms with van der Waals surface area (Å²) in [7, 11) is 0. The van der Waals surface area contributed by atoms with Gasteiger partial charge in [-0.1, -0.05) is 30.3 Å². The van der Waals surface area contributed by atoms with Crippen molar-refractivity contribution in [2.45, 2.75) is 25.8 Å². The standard InChI is InChI=1S/C14H19NO2/c1-2-17-14(16)12-9-6-10-15-13(12)11-7-4-3-5-8-11/h3-5,7-8,12-13,15H,2,6,9-10H2,1H3/t12?,13-/m0/s1. The number of benzene rings is 1. The maximum atomic E-state index is 11.9. The lowest BCUT2D eigenvalue weighted by atomic mass is 9.86. The van der Waals surface area contributed by atoms with Crippen LogP contribution in [0.25, 0.3) is 0 Å². The fraction of sp³-hybridized carbons (Fsp3) is 0.500. The highest BCUT2D eigenvalue weighted by molar-refractivity contribution is 5.73. The zero-order valence-electron chi connectivity index (χ0n) is 10.2. The average Bonchev–Trinajstić information content (AvgIpc) is 2.40. The molecule has 1 heterocycles. The molecule has 0 amide bonds. The summed E-state index contributed by atoms with van der Waals surface area (Å²) in [4.78, 5) is 11.9. The summed E-state index contributed by atoms with van der Waals surface area (Å²) in [6.45, 7) is 3.28. The molecule has 92 valence electrons. The molecule has 0 aromatic heterocycles. The molecular formula is C14H19NO2. The molecule has 17 heavy (non-hydrogen) atoms. The Balaban J connectivity index is 2.15. The van der Waals surface area contributed by atoms with Gasteiger partial charge < -0.3 is 10.1 Å². The SMILES string of the molecule is CCOC(=O)C1CCCN[C@H]1c1ccccc1. The highest BCUT2D eigenvalue weighted by Crippen LogP contribution is 2.30. The molecule has 0 aliphatic carbocycles. The van der Waals surface area contributed by atoms with E-state index in [9.17, 15) is 4.79 Å². The predicted octanol–water partition coefficient (Wildman–Crippen LogP) is 2.29. The van der Waals surface area contributed by atoms with Gasteiger partial charge in [-0.15, -0.1) is 0 Å². The zero-order valence-corrected chi connectivity index (χ0v) is 10.2. The van der Waals surface area contributed by atoms with Crippen molar-refractivity contribution in [3.63, 3.8) is 0 Å². The molecular weight excluding hydrogens is 214 g/mol. The molecule has 1 aromatic rings. The van der Waals surface area contributed by atoms with Crippen molar-refractivity contribution < 1.29 is 9.53 Å². The summed E-state index contributed by atoms with van der Waals surface area (Å²) in [5.74, 6) is -0.125. The van der Waals surface area contributed by atoms with Gasteiger partial charge in [0.15, 0.2) is 0 Å². The Labute approximate surface area is 102 Å². The van der Waals surface area contributed by atoms with Gasteiger partial charge in [-0.3, -0.25) is 4.79 Å². The molecule has 0 radical (unpaired) electrons. The summed E-state index contributed by atoms with van der Waals surface area (Å²) in [6, 6.07) is 10.2. The highest BCUT2D eigenvalue weighted by Gasteiger charge is 2.32. The fourth-order valence-electron chi connectivity index (χ4n) is 2.40. The minimum absolute atomic E-state index is 0.0499. The number of ether oxygens (including phenoxy) is 1. The maximum Gasteiger partial charge on any atom is 0.310 e. The first-order valence-electron chi connectivity index (χ1n) is 6.28. The van der Waals surface area contributed by atoms with E-state index >= 15 is 0 Å². The van der Waals surface area contributed by atoms with Crippen LogP contribution < -0.4 is 5.32 Å². The second-order valence-electron chi connectivity index (χ2n) is 4.34. The third-order valence-electron chi connectivity index (χ3n) is 3.21. The Morgan fingerprint density at radius 2 is 2.18 bits per heavy atom. The summed E-state index contributed by atoms with van der Waals surface area (Å²) >= 11 is 0. The minimum atomic E-state index is -0.0754. The van der Waals surface area contributed by atoms with Crippen LogP contribution in [0.15, 0.2) is 30.3 Å². The first kappa shape index (κ1) is 12.1. The monoisotopic (exact) mass is 233 g/mol. The van der Waals surface area contributed by atoms with Gasteiger partial charge in [-0.2, -0.15) is 0 Å². The van der Waals surface area contributed by atoms with Gasteiger partial charge in [0.2, 0.25) is 0 Å². The molecule has 0 saturated carbocycles. The van der Waals surface area contributed by atoms with Crippen LogP contribution >= 0.6 is 0 Å². The summed E-state index contributed by atoms with van der Waals surface area (Å²) in [5.41, 5.74) is 1.17. The van der Waals surface area contributed by atoms with Gasteiger partial charge in [0.25, 0.3) is 0 Å². The number of carbonyl (C=O) groups excluding carboxylic acids is 1. The topological polar surface area (TPSA) is 38.3 Å². The van der Waals surface area contributed by atoms with Crippen molar-refractivity contribution in [2.75, 3.05) is 13.2 Å². The lowest BCUT2D eigenvalue weighted by Crippen LogP contribution is -2.39. The predicted molar refractivity (Wildman–Crippen MR) is 66.5 cm³/mol. The Morgan fingerprint density at radius 1 is 1.41 bits per heavy atom. The third-order valence-corrected chi connectivity index (χ3v) is 3.21. The van der Waals surface area contributed by atoms with Gasteiger partial charge in [-0.05, 0) is 31.9 Å². The zero-order chi connectivity index (χ0) is 12.1. The quantitative estimate of drug-likeness (QED) is 0.814. The van der Waals surface area contributed by atoms with Crippen molar-refractivity contribution in [2.24, 2.45) is 5.92 Å². The van der Waals surface area contributed by atoms with E-state index in [2.05, 4.69) is 17.4 Å². The molecule has 1 aliphatic rings. The number of piperidine rings is 1. The van der Waals surface area contributed by atoms with E-state index in [-0.39, 0.29) is 17.9 Å². The van der Waals surface area contributed by atoms with Gasteiger partial charge in [-0.25, -0.2) is 0 Å². The molecule has 3 heteroatoms. The number of rotatable bonds is 3. The number of hydrogen-bond donors (Lipinski definition) is 1. The van der Waals surface area contributed by atoms with Gasteiger partial charge in [0, 0.05) is 6.04 Å². The molecule has 2 atom stereocenters. The lowest BCUT2D eigenvalue weighted by molar-refractivity contribution is -0.150. The fourth-order valence-corrected chi connectivity index (χ4v) is 2.40. The number of nitrogens with one attached hydrogen (secondary N) is 1. The van der Waals surface area contributed by atoms with E-state index in [1.165, 1.54) is 5.56 Å². The second-order valence-corrected chi connectivity index (χ2v) is 4.34. The van der Waals surface area contributed by atoms with E-state index < -0.39 is 0 Å². The van der Waals surface area contributed by atoms with Gasteiger partial charge in [0.05, 0.1) is 12.5 Å². The first-order chi connectivity index (χ1) is 8.33. The third kappa shape index (κ3) is 2.86. The molecule has 0 spiro atoms. The van der Waals surface area contributed by atoms with Gasteiger partial charge >= 0.3 is 5.97 Å². The number of carbonyl (C=O) groups is 1. The van der Waals surface area contributed by atoms with Crippen LogP contribution in [0, 0.1) is 5.92 Å². The summed E-state index contributed by atoms with van der Waals surface area (Å²) in [5, 5.41) is 3.42. The second kappa shape index (κ2) is 5.82. The van der Waals surface area contributed by atoms with Crippen LogP contribution in [-0.2, 0) is 9.53 Å². The van der Waals surface area contributed by atoms with Crippen molar-refractivity contribution in [3.8, 4) is 0 Å². The molecule has 2 rings (SSSR count). The molecule has 1 saturated heterocycles. The van der Waals surface area contributed by atoms with Crippen LogP contribution in [0.2, 0.25) is 0 Å². The van der Waals surface area contributed by atoms with Gasteiger partial charge in [0.1, 0.15) is 0 Å². The van der Waals surface area contributed by atoms with E-state index in [0.29, 0.717) is 6.61 Å². The van der Waals surface area contributed by atoms with E-state index in [0.717, 1.165) is 19.4 Å². The minimum Gasteiger partial charge on any atom is -0.466 e. The van der Waals surface area contributed by atoms with Crippen molar-refractivity contribution >= 4 is 5.97 Å². The molecule has 1 unspecified atom stereocenters. The van der Waals surface area contributed by atoms with Crippen molar-refractivity contribution in [1.82, 2.24) is 5.32 Å². The molecule has 3 nitrogen and oxygen atoms in total. The Morgan fingerprint density at radius 3 is 2.88 bits per heavy atom. The van der Waals surface area contributed by atoms with Crippen molar-refractivity contribution in [3.05, 3.63) is 35.9 Å². The molecule has 1 aliphatic heterocycles. The van der Waals surface area contributed by atoms with Crippen LogP contribution in [-0.4, -0.2) is 19.1 Å². The maximum absolute atomic E-state index is 11.9. The first-order valence-corrected chi connectivity index (χ1v) is 6.28. The van der Waals surface area contributed by atoms with Crippen LogP contribution in [0.1, 0.15) is 31.4 Å². The summed E-state index contributed by atoms with van der Waals surface area (Å²) < 4.78 is 5.15. The Kier molecular flexibility index (Phi) is 4.15. The number of esters is 1. The van der Waals surface area contributed by atoms with Crippen LogP contribution in [0.3, 0.4) is 0 Å². The van der Waals surface area contributed by atoms with Crippen LogP contribution in [0.5, 0.6) is 0 Å².